The highest BCUT2D eigenvalue weighted by molar-refractivity contribution is 7.99. The van der Waals surface area contributed by atoms with Crippen LogP contribution in [0, 0.1) is 5.92 Å². The largest absolute Gasteiger partial charge is 0.508 e. The number of ether oxygens (including phenoxy) is 1. The second-order valence-electron chi connectivity index (χ2n) is 8.69. The number of aromatic hydroxyl groups is 1. The molecule has 0 saturated carbocycles. The maximum absolute atomic E-state index is 13.5. The second kappa shape index (κ2) is 10.4. The summed E-state index contributed by atoms with van der Waals surface area (Å²) in [4.78, 5) is 29.8. The van der Waals surface area contributed by atoms with Crippen LogP contribution in [0.15, 0.2) is 24.3 Å². The predicted molar refractivity (Wildman–Crippen MR) is 123 cm³/mol. The normalized spacial score (nSPS) is 18.7. The van der Waals surface area contributed by atoms with Gasteiger partial charge in [0, 0.05) is 42.1 Å². The molecule has 0 aliphatic carbocycles. The molecule has 1 aromatic carbocycles. The molecule has 3 unspecified atom stereocenters. The Bertz CT molecular complexity index is 734. The molecular weight excluding hydrogens is 400 g/mol. The van der Waals surface area contributed by atoms with Gasteiger partial charge in [0.15, 0.2) is 0 Å². The van der Waals surface area contributed by atoms with E-state index in [0.29, 0.717) is 18.8 Å². The molecule has 0 spiro atoms. The van der Waals surface area contributed by atoms with Crippen molar-refractivity contribution in [2.24, 2.45) is 5.92 Å². The summed E-state index contributed by atoms with van der Waals surface area (Å²) >= 11 is 1.73. The number of hydrogen-bond acceptors (Lipinski definition) is 5. The first-order valence-electron chi connectivity index (χ1n) is 10.8. The van der Waals surface area contributed by atoms with Gasteiger partial charge in [0.25, 0.3) is 0 Å². The third-order valence-corrected chi connectivity index (χ3v) is 6.71. The Kier molecular flexibility index (Phi) is 8.47. The molecular formula is C23H36N2O4S. The number of nitrogens with zero attached hydrogens (tertiary/aromatic N) is 2. The van der Waals surface area contributed by atoms with E-state index in [9.17, 15) is 14.7 Å². The molecule has 30 heavy (non-hydrogen) atoms. The number of likely N-dealkylation sites (tertiary alicyclic amines) is 1. The van der Waals surface area contributed by atoms with Gasteiger partial charge >= 0.3 is 6.09 Å². The molecule has 1 heterocycles. The van der Waals surface area contributed by atoms with Gasteiger partial charge in [-0.15, -0.1) is 0 Å². The number of anilines is 1. The van der Waals surface area contributed by atoms with Gasteiger partial charge in [0.05, 0.1) is 0 Å². The van der Waals surface area contributed by atoms with E-state index in [1.165, 1.54) is 0 Å². The molecule has 0 bridgehead atoms. The monoisotopic (exact) mass is 436 g/mol. The molecule has 1 saturated heterocycles. The summed E-state index contributed by atoms with van der Waals surface area (Å²) in [6, 6.07) is 6.74. The fraction of sp³-hybridized carbons (Fsp3) is 0.652. The number of rotatable bonds is 7. The molecule has 7 heteroatoms. The Morgan fingerprint density at radius 1 is 1.33 bits per heavy atom. The topological polar surface area (TPSA) is 70.1 Å². The SMILES string of the molecule is CCSC(C(C)C(=O)N(CC)c1cccc(O)c1)C1CCCN1C(=O)OC(C)(C)C. The molecule has 1 fully saturated rings. The molecule has 168 valence electrons. The average Bonchev–Trinajstić information content (AvgIpc) is 3.14. The quantitative estimate of drug-likeness (QED) is 0.658. The van der Waals surface area contributed by atoms with Crippen molar-refractivity contribution in [3.05, 3.63) is 24.3 Å². The lowest BCUT2D eigenvalue weighted by molar-refractivity contribution is -0.122. The molecule has 1 N–H and O–H groups in total. The van der Waals surface area contributed by atoms with E-state index in [1.54, 1.807) is 34.9 Å². The van der Waals surface area contributed by atoms with Crippen molar-refractivity contribution in [2.75, 3.05) is 23.7 Å². The maximum atomic E-state index is 13.5. The lowest BCUT2D eigenvalue weighted by Gasteiger charge is -2.36. The summed E-state index contributed by atoms with van der Waals surface area (Å²) in [7, 11) is 0. The van der Waals surface area contributed by atoms with E-state index in [4.69, 9.17) is 4.74 Å². The van der Waals surface area contributed by atoms with Gasteiger partial charge in [-0.25, -0.2) is 4.79 Å². The number of thioether (sulfide) groups is 1. The van der Waals surface area contributed by atoms with Crippen molar-refractivity contribution >= 4 is 29.4 Å². The Labute approximate surface area is 185 Å². The number of benzene rings is 1. The summed E-state index contributed by atoms with van der Waals surface area (Å²) in [6.07, 6.45) is 1.48. The zero-order valence-corrected chi connectivity index (χ0v) is 19.9. The standard InChI is InChI=1S/C23H36N2O4S/c1-7-24(17-11-9-12-18(26)15-17)21(27)16(3)20(30-8-2)19-13-10-14-25(19)22(28)29-23(4,5)6/h9,11-12,15-16,19-20,26H,7-8,10,13-14H2,1-6H3. The number of carbonyl (C=O) groups is 2. The van der Waals surface area contributed by atoms with Gasteiger partial charge in [-0.2, -0.15) is 11.8 Å². The molecule has 1 aliphatic rings. The Morgan fingerprint density at radius 2 is 2.03 bits per heavy atom. The van der Waals surface area contributed by atoms with Crippen molar-refractivity contribution in [2.45, 2.75) is 71.3 Å². The smallest absolute Gasteiger partial charge is 0.410 e. The van der Waals surface area contributed by atoms with Crippen LogP contribution in [0.5, 0.6) is 5.75 Å². The number of phenols is 1. The molecule has 2 amide bonds. The van der Waals surface area contributed by atoms with Crippen molar-refractivity contribution < 1.29 is 19.4 Å². The summed E-state index contributed by atoms with van der Waals surface area (Å²) in [5.74, 6) is 0.715. The summed E-state index contributed by atoms with van der Waals surface area (Å²) < 4.78 is 5.63. The minimum Gasteiger partial charge on any atom is -0.508 e. The van der Waals surface area contributed by atoms with Crippen molar-refractivity contribution in [3.63, 3.8) is 0 Å². The summed E-state index contributed by atoms with van der Waals surface area (Å²) in [5.41, 5.74) is 0.137. The minimum atomic E-state index is -0.548. The van der Waals surface area contributed by atoms with Gasteiger partial charge in [-0.1, -0.05) is 19.9 Å². The molecule has 3 atom stereocenters. The van der Waals surface area contributed by atoms with Crippen LogP contribution >= 0.6 is 11.8 Å². The van der Waals surface area contributed by atoms with E-state index in [2.05, 4.69) is 6.92 Å². The van der Waals surface area contributed by atoms with Crippen LogP contribution in [0.25, 0.3) is 0 Å². The van der Waals surface area contributed by atoms with Crippen LogP contribution < -0.4 is 4.90 Å². The average molecular weight is 437 g/mol. The van der Waals surface area contributed by atoms with Crippen LogP contribution in [-0.4, -0.2) is 57.7 Å². The molecule has 1 aliphatic heterocycles. The highest BCUT2D eigenvalue weighted by Crippen LogP contribution is 2.35. The van der Waals surface area contributed by atoms with Gasteiger partial charge in [-0.05, 0) is 58.4 Å². The van der Waals surface area contributed by atoms with Crippen molar-refractivity contribution in [1.82, 2.24) is 4.90 Å². The molecule has 0 aromatic heterocycles. The van der Waals surface area contributed by atoms with E-state index < -0.39 is 5.60 Å². The lowest BCUT2D eigenvalue weighted by Crippen LogP contribution is -2.49. The first-order valence-corrected chi connectivity index (χ1v) is 11.9. The highest BCUT2D eigenvalue weighted by atomic mass is 32.2. The van der Waals surface area contributed by atoms with Gasteiger partial charge in [-0.3, -0.25) is 4.79 Å². The first kappa shape index (κ1) is 24.4. The van der Waals surface area contributed by atoms with E-state index in [-0.39, 0.29) is 35.0 Å². The molecule has 2 rings (SSSR count). The fourth-order valence-electron chi connectivity index (χ4n) is 3.98. The Hall–Kier alpha value is -1.89. The van der Waals surface area contributed by atoms with Crippen LogP contribution in [0.1, 0.15) is 54.4 Å². The fourth-order valence-corrected chi connectivity index (χ4v) is 5.27. The van der Waals surface area contributed by atoms with Crippen LogP contribution in [0.3, 0.4) is 0 Å². The second-order valence-corrected chi connectivity index (χ2v) is 10.1. The molecule has 1 aromatic rings. The summed E-state index contributed by atoms with van der Waals surface area (Å²) in [5, 5.41) is 9.81. The Balaban J connectivity index is 2.24. The minimum absolute atomic E-state index is 0.00471. The number of hydrogen-bond donors (Lipinski definition) is 1. The zero-order chi connectivity index (χ0) is 22.5. The lowest BCUT2D eigenvalue weighted by atomic mass is 9.97. The third kappa shape index (κ3) is 6.06. The molecule has 0 radical (unpaired) electrons. The van der Waals surface area contributed by atoms with E-state index >= 15 is 0 Å². The van der Waals surface area contributed by atoms with Crippen LogP contribution in [0.2, 0.25) is 0 Å². The summed E-state index contributed by atoms with van der Waals surface area (Å²) in [6.45, 7) is 12.7. The molecule has 6 nitrogen and oxygen atoms in total. The van der Waals surface area contributed by atoms with Gasteiger partial charge in [0.1, 0.15) is 11.4 Å². The number of phenolic OH excluding ortho intramolecular Hbond substituents is 1. The van der Waals surface area contributed by atoms with Crippen molar-refractivity contribution in [1.29, 1.82) is 0 Å². The first-order chi connectivity index (χ1) is 14.1. The zero-order valence-electron chi connectivity index (χ0n) is 19.1. The number of amides is 2. The van der Waals surface area contributed by atoms with Gasteiger partial charge < -0.3 is 19.6 Å². The van der Waals surface area contributed by atoms with Crippen LogP contribution in [0.4, 0.5) is 10.5 Å². The van der Waals surface area contributed by atoms with Crippen molar-refractivity contribution in [3.8, 4) is 5.75 Å². The van der Waals surface area contributed by atoms with E-state index in [1.807, 2.05) is 45.6 Å². The predicted octanol–water partition coefficient (Wildman–Crippen LogP) is 4.90. The maximum Gasteiger partial charge on any atom is 0.410 e. The third-order valence-electron chi connectivity index (χ3n) is 5.27. The highest BCUT2D eigenvalue weighted by Gasteiger charge is 2.41. The Morgan fingerprint density at radius 3 is 2.60 bits per heavy atom. The van der Waals surface area contributed by atoms with Gasteiger partial charge in [0.2, 0.25) is 5.91 Å². The van der Waals surface area contributed by atoms with E-state index in [0.717, 1.165) is 18.6 Å². The number of carbonyl (C=O) groups excluding carboxylic acids is 2. The van der Waals surface area contributed by atoms with Crippen LogP contribution in [-0.2, 0) is 9.53 Å².